The lowest BCUT2D eigenvalue weighted by molar-refractivity contribution is -0.123. The van der Waals surface area contributed by atoms with E-state index >= 15 is 0 Å². The fourth-order valence-electron chi connectivity index (χ4n) is 2.50. The number of rotatable bonds is 10. The first kappa shape index (κ1) is 20.1. The van der Waals surface area contributed by atoms with Crippen LogP contribution in [0.15, 0.2) is 54.6 Å². The molecule has 0 aliphatic heterocycles. The van der Waals surface area contributed by atoms with Crippen LogP contribution in [0, 0.1) is 0 Å². The van der Waals surface area contributed by atoms with Crippen molar-refractivity contribution in [2.75, 3.05) is 19.8 Å². The predicted octanol–water partition coefficient (Wildman–Crippen LogP) is 1.86. The molecule has 2 aromatic carbocycles. The second-order valence-corrected chi connectivity index (χ2v) is 5.79. The van der Waals surface area contributed by atoms with Crippen molar-refractivity contribution in [1.82, 2.24) is 10.6 Å². The lowest BCUT2D eigenvalue weighted by Gasteiger charge is -2.17. The van der Waals surface area contributed by atoms with Crippen LogP contribution in [0.4, 0.5) is 4.79 Å². The number of amides is 3. The fourth-order valence-corrected chi connectivity index (χ4v) is 2.50. The minimum Gasteiger partial charge on any atom is -0.494 e. The first-order valence-electron chi connectivity index (χ1n) is 8.81. The van der Waals surface area contributed by atoms with Gasteiger partial charge in [0.1, 0.15) is 24.1 Å². The maximum absolute atomic E-state index is 12.4. The van der Waals surface area contributed by atoms with Gasteiger partial charge in [0.15, 0.2) is 0 Å². The third kappa shape index (κ3) is 7.27. The molecular weight excluding hydrogens is 346 g/mol. The zero-order valence-electron chi connectivity index (χ0n) is 15.3. The minimum absolute atomic E-state index is 0.300. The molecule has 2 aromatic rings. The standard InChI is InChI=1S/C20H25N3O4/c1-2-26-16-8-10-17(11-9-16)27-13-12-22-19(24)18(23-20(21)25)14-15-6-4-3-5-7-15/h3-11,18H,2,12-14H2,1H3,(H,22,24)(H3,21,23,25)/t18-/m1/s1. The zero-order valence-corrected chi connectivity index (χ0v) is 15.3. The molecule has 3 amide bonds. The van der Waals surface area contributed by atoms with Crippen molar-refractivity contribution in [1.29, 1.82) is 0 Å². The highest BCUT2D eigenvalue weighted by atomic mass is 16.5. The number of nitrogens with two attached hydrogens (primary N) is 1. The highest BCUT2D eigenvalue weighted by Gasteiger charge is 2.19. The van der Waals surface area contributed by atoms with Crippen LogP contribution < -0.4 is 25.8 Å². The fraction of sp³-hybridized carbons (Fsp3) is 0.300. The molecule has 7 nitrogen and oxygen atoms in total. The van der Waals surface area contributed by atoms with E-state index in [1.165, 1.54) is 0 Å². The van der Waals surface area contributed by atoms with Gasteiger partial charge in [-0.25, -0.2) is 4.79 Å². The molecule has 2 rings (SSSR count). The molecule has 0 saturated carbocycles. The maximum atomic E-state index is 12.4. The summed E-state index contributed by atoms with van der Waals surface area (Å²) in [6, 6.07) is 15.2. The number of carbonyl (C=O) groups excluding carboxylic acids is 2. The zero-order chi connectivity index (χ0) is 19.5. The Bertz CT molecular complexity index is 720. The third-order valence-electron chi connectivity index (χ3n) is 3.72. The van der Waals surface area contributed by atoms with Crippen LogP contribution in [-0.2, 0) is 11.2 Å². The normalized spacial score (nSPS) is 11.3. The van der Waals surface area contributed by atoms with E-state index in [2.05, 4.69) is 10.6 Å². The van der Waals surface area contributed by atoms with Crippen molar-refractivity contribution in [3.8, 4) is 11.5 Å². The van der Waals surface area contributed by atoms with Gasteiger partial charge in [0.05, 0.1) is 13.2 Å². The Kier molecular flexibility index (Phi) is 7.96. The molecule has 0 spiro atoms. The van der Waals surface area contributed by atoms with Gasteiger partial charge in [-0.3, -0.25) is 4.79 Å². The van der Waals surface area contributed by atoms with Crippen LogP contribution in [0.5, 0.6) is 11.5 Å². The molecule has 0 unspecified atom stereocenters. The van der Waals surface area contributed by atoms with E-state index in [4.69, 9.17) is 15.2 Å². The number of carbonyl (C=O) groups is 2. The quantitative estimate of drug-likeness (QED) is 0.555. The van der Waals surface area contributed by atoms with Gasteiger partial charge < -0.3 is 25.8 Å². The van der Waals surface area contributed by atoms with E-state index in [-0.39, 0.29) is 5.91 Å². The summed E-state index contributed by atoms with van der Waals surface area (Å²) in [5.74, 6) is 1.15. The lowest BCUT2D eigenvalue weighted by atomic mass is 10.1. The first-order valence-corrected chi connectivity index (χ1v) is 8.81. The minimum atomic E-state index is -0.740. The molecule has 144 valence electrons. The Labute approximate surface area is 158 Å². The Hall–Kier alpha value is -3.22. The number of hydrogen-bond acceptors (Lipinski definition) is 4. The first-order chi connectivity index (χ1) is 13.1. The Morgan fingerprint density at radius 1 is 1.00 bits per heavy atom. The van der Waals surface area contributed by atoms with Gasteiger partial charge in [-0.15, -0.1) is 0 Å². The van der Waals surface area contributed by atoms with Crippen LogP contribution >= 0.6 is 0 Å². The van der Waals surface area contributed by atoms with E-state index in [0.29, 0.717) is 31.9 Å². The molecule has 0 radical (unpaired) electrons. The van der Waals surface area contributed by atoms with Gasteiger partial charge in [-0.2, -0.15) is 0 Å². The summed E-state index contributed by atoms with van der Waals surface area (Å²) in [5.41, 5.74) is 6.11. The summed E-state index contributed by atoms with van der Waals surface area (Å²) in [7, 11) is 0. The molecule has 1 atom stereocenters. The lowest BCUT2D eigenvalue weighted by Crippen LogP contribution is -2.50. The molecule has 4 N–H and O–H groups in total. The van der Waals surface area contributed by atoms with Crippen LogP contribution in [0.3, 0.4) is 0 Å². The Balaban J connectivity index is 1.79. The highest BCUT2D eigenvalue weighted by Crippen LogP contribution is 2.17. The van der Waals surface area contributed by atoms with E-state index in [1.54, 1.807) is 12.1 Å². The number of nitrogens with one attached hydrogen (secondary N) is 2. The SMILES string of the molecule is CCOc1ccc(OCCNC(=O)[C@@H](Cc2ccccc2)NC(N)=O)cc1. The summed E-state index contributed by atoms with van der Waals surface area (Å²) in [6.45, 7) is 3.13. The molecular formula is C20H25N3O4. The number of benzene rings is 2. The maximum Gasteiger partial charge on any atom is 0.312 e. The van der Waals surface area contributed by atoms with Crippen molar-refractivity contribution >= 4 is 11.9 Å². The summed E-state index contributed by atoms with van der Waals surface area (Å²) in [6.07, 6.45) is 0.357. The van der Waals surface area contributed by atoms with Gasteiger partial charge in [-0.05, 0) is 36.8 Å². The molecule has 7 heteroatoms. The molecule has 27 heavy (non-hydrogen) atoms. The molecule has 0 aliphatic carbocycles. The van der Waals surface area contributed by atoms with Crippen molar-refractivity contribution < 1.29 is 19.1 Å². The molecule has 0 fully saturated rings. The largest absolute Gasteiger partial charge is 0.494 e. The molecule has 0 aromatic heterocycles. The van der Waals surface area contributed by atoms with Gasteiger partial charge in [0.25, 0.3) is 0 Å². The second kappa shape index (κ2) is 10.7. The van der Waals surface area contributed by atoms with Gasteiger partial charge in [0, 0.05) is 6.42 Å². The van der Waals surface area contributed by atoms with E-state index < -0.39 is 12.1 Å². The number of hydrogen-bond donors (Lipinski definition) is 3. The second-order valence-electron chi connectivity index (χ2n) is 5.79. The molecule has 0 heterocycles. The summed E-state index contributed by atoms with van der Waals surface area (Å²) < 4.78 is 11.0. The van der Waals surface area contributed by atoms with Crippen LogP contribution in [0.1, 0.15) is 12.5 Å². The molecule has 0 aliphatic rings. The van der Waals surface area contributed by atoms with Crippen LogP contribution in [0.25, 0.3) is 0 Å². The van der Waals surface area contributed by atoms with E-state index in [1.807, 2.05) is 49.4 Å². The van der Waals surface area contributed by atoms with E-state index in [9.17, 15) is 9.59 Å². The monoisotopic (exact) mass is 371 g/mol. The topological polar surface area (TPSA) is 103 Å². The summed E-state index contributed by atoms with van der Waals surface area (Å²) >= 11 is 0. The molecule has 0 bridgehead atoms. The van der Waals surface area contributed by atoms with Gasteiger partial charge in [0.2, 0.25) is 5.91 Å². The Morgan fingerprint density at radius 3 is 2.22 bits per heavy atom. The van der Waals surface area contributed by atoms with Gasteiger partial charge in [-0.1, -0.05) is 30.3 Å². The number of urea groups is 1. The van der Waals surface area contributed by atoms with Gasteiger partial charge >= 0.3 is 6.03 Å². The third-order valence-corrected chi connectivity index (χ3v) is 3.72. The van der Waals surface area contributed by atoms with Crippen molar-refractivity contribution in [2.45, 2.75) is 19.4 Å². The Morgan fingerprint density at radius 2 is 1.63 bits per heavy atom. The van der Waals surface area contributed by atoms with Crippen molar-refractivity contribution in [3.63, 3.8) is 0 Å². The average Bonchev–Trinajstić information content (AvgIpc) is 2.66. The van der Waals surface area contributed by atoms with Crippen LogP contribution in [0.2, 0.25) is 0 Å². The number of primary amides is 1. The summed E-state index contributed by atoms with van der Waals surface area (Å²) in [4.78, 5) is 23.5. The number of ether oxygens (including phenoxy) is 2. The van der Waals surface area contributed by atoms with E-state index in [0.717, 1.165) is 11.3 Å². The van der Waals surface area contributed by atoms with Crippen molar-refractivity contribution in [2.24, 2.45) is 5.73 Å². The predicted molar refractivity (Wildman–Crippen MR) is 103 cm³/mol. The average molecular weight is 371 g/mol. The van der Waals surface area contributed by atoms with Crippen molar-refractivity contribution in [3.05, 3.63) is 60.2 Å². The smallest absolute Gasteiger partial charge is 0.312 e. The van der Waals surface area contributed by atoms with Crippen LogP contribution in [-0.4, -0.2) is 37.7 Å². The molecule has 0 saturated heterocycles. The highest BCUT2D eigenvalue weighted by molar-refractivity contribution is 5.86. The summed E-state index contributed by atoms with van der Waals surface area (Å²) in [5, 5.41) is 5.23.